The zero-order valence-electron chi connectivity index (χ0n) is 10.4. The SMILES string of the molecule is NCc1ccc(S(=O)(=O)NCC2C=CC=CN2)cc1. The Morgan fingerprint density at radius 2 is 1.95 bits per heavy atom. The average Bonchev–Trinajstić information content (AvgIpc) is 2.46. The third-order valence-corrected chi connectivity index (χ3v) is 4.26. The van der Waals surface area contributed by atoms with Gasteiger partial charge in [-0.2, -0.15) is 0 Å². The van der Waals surface area contributed by atoms with Gasteiger partial charge in [-0.05, 0) is 30.0 Å². The van der Waals surface area contributed by atoms with Gasteiger partial charge in [0.25, 0.3) is 0 Å². The van der Waals surface area contributed by atoms with Gasteiger partial charge in [0.05, 0.1) is 10.9 Å². The summed E-state index contributed by atoms with van der Waals surface area (Å²) in [5, 5.41) is 3.05. The minimum atomic E-state index is -3.47. The molecular weight excluding hydrogens is 262 g/mol. The van der Waals surface area contributed by atoms with E-state index >= 15 is 0 Å². The molecule has 1 aromatic carbocycles. The molecule has 0 aliphatic carbocycles. The van der Waals surface area contributed by atoms with Crippen molar-refractivity contribution in [1.29, 1.82) is 0 Å². The lowest BCUT2D eigenvalue weighted by Gasteiger charge is -2.16. The number of rotatable bonds is 5. The standard InChI is InChI=1S/C13H17N3O2S/c14-9-11-4-6-13(7-5-11)19(17,18)16-10-12-3-1-2-8-15-12/h1-8,12,15-16H,9-10,14H2. The first kappa shape index (κ1) is 13.8. The number of nitrogens with one attached hydrogen (secondary N) is 2. The zero-order chi connectivity index (χ0) is 13.7. The van der Waals surface area contributed by atoms with E-state index in [0.29, 0.717) is 13.1 Å². The van der Waals surface area contributed by atoms with Gasteiger partial charge >= 0.3 is 0 Å². The van der Waals surface area contributed by atoms with E-state index < -0.39 is 10.0 Å². The van der Waals surface area contributed by atoms with E-state index in [0.717, 1.165) is 5.56 Å². The van der Waals surface area contributed by atoms with Crippen molar-refractivity contribution in [1.82, 2.24) is 10.0 Å². The second-order valence-electron chi connectivity index (χ2n) is 4.22. The van der Waals surface area contributed by atoms with Crippen LogP contribution < -0.4 is 15.8 Å². The Kier molecular flexibility index (Phi) is 4.36. The van der Waals surface area contributed by atoms with Gasteiger partial charge in [-0.15, -0.1) is 0 Å². The lowest BCUT2D eigenvalue weighted by atomic mass is 10.2. The minimum Gasteiger partial charge on any atom is -0.383 e. The van der Waals surface area contributed by atoms with E-state index in [1.165, 1.54) is 0 Å². The molecule has 19 heavy (non-hydrogen) atoms. The van der Waals surface area contributed by atoms with Gasteiger partial charge in [-0.3, -0.25) is 0 Å². The van der Waals surface area contributed by atoms with Crippen LogP contribution in [-0.4, -0.2) is 21.0 Å². The summed E-state index contributed by atoms with van der Waals surface area (Å²) in [4.78, 5) is 0.250. The van der Waals surface area contributed by atoms with Crippen LogP contribution in [0.5, 0.6) is 0 Å². The molecule has 0 radical (unpaired) electrons. The van der Waals surface area contributed by atoms with Crippen molar-refractivity contribution >= 4 is 10.0 Å². The predicted molar refractivity (Wildman–Crippen MR) is 74.7 cm³/mol. The van der Waals surface area contributed by atoms with Gasteiger partial charge in [0, 0.05) is 13.1 Å². The normalized spacial score (nSPS) is 18.3. The molecule has 0 saturated carbocycles. The van der Waals surface area contributed by atoms with Crippen molar-refractivity contribution in [3.8, 4) is 0 Å². The lowest BCUT2D eigenvalue weighted by Crippen LogP contribution is -2.38. The largest absolute Gasteiger partial charge is 0.383 e. The maximum Gasteiger partial charge on any atom is 0.240 e. The Morgan fingerprint density at radius 1 is 1.21 bits per heavy atom. The summed E-state index contributed by atoms with van der Waals surface area (Å²) in [6.07, 6.45) is 7.43. The van der Waals surface area contributed by atoms with Crippen LogP contribution in [0.15, 0.2) is 53.6 Å². The first-order valence-electron chi connectivity index (χ1n) is 6.00. The third-order valence-electron chi connectivity index (χ3n) is 2.82. The Hall–Kier alpha value is -1.63. The summed E-state index contributed by atoms with van der Waals surface area (Å²) < 4.78 is 26.7. The van der Waals surface area contributed by atoms with Crippen molar-refractivity contribution in [2.45, 2.75) is 17.5 Å². The number of nitrogens with two attached hydrogens (primary N) is 1. The van der Waals surface area contributed by atoms with Crippen molar-refractivity contribution in [2.75, 3.05) is 6.54 Å². The molecule has 1 aromatic rings. The van der Waals surface area contributed by atoms with Gasteiger partial charge < -0.3 is 11.1 Å². The number of dihydropyridines is 1. The van der Waals surface area contributed by atoms with E-state index in [1.807, 2.05) is 18.2 Å². The van der Waals surface area contributed by atoms with Crippen LogP contribution in [0.1, 0.15) is 5.56 Å². The second kappa shape index (κ2) is 6.01. The average molecular weight is 279 g/mol. The Labute approximate surface area is 113 Å². The number of sulfonamides is 1. The minimum absolute atomic E-state index is 0.0249. The van der Waals surface area contributed by atoms with Crippen LogP contribution in [-0.2, 0) is 16.6 Å². The highest BCUT2D eigenvalue weighted by molar-refractivity contribution is 7.89. The summed E-state index contributed by atoms with van der Waals surface area (Å²) in [7, 11) is -3.47. The Bertz CT molecular complexity index is 576. The van der Waals surface area contributed by atoms with Gasteiger partial charge in [0.15, 0.2) is 0 Å². The summed E-state index contributed by atoms with van der Waals surface area (Å²) in [5.74, 6) is 0. The Morgan fingerprint density at radius 3 is 2.53 bits per heavy atom. The second-order valence-corrected chi connectivity index (χ2v) is 5.98. The smallest absolute Gasteiger partial charge is 0.240 e. The monoisotopic (exact) mass is 279 g/mol. The molecule has 0 spiro atoms. The molecule has 0 fully saturated rings. The molecule has 5 nitrogen and oxygen atoms in total. The van der Waals surface area contributed by atoms with Gasteiger partial charge in [0.1, 0.15) is 0 Å². The van der Waals surface area contributed by atoms with Crippen LogP contribution in [0.25, 0.3) is 0 Å². The molecule has 0 saturated heterocycles. The Balaban J connectivity index is 2.01. The molecule has 1 atom stereocenters. The maximum atomic E-state index is 12.1. The first-order chi connectivity index (χ1) is 9.12. The molecule has 0 aromatic heterocycles. The van der Waals surface area contributed by atoms with Crippen molar-refractivity contribution < 1.29 is 8.42 Å². The summed E-state index contributed by atoms with van der Waals surface area (Å²) >= 11 is 0. The predicted octanol–water partition coefficient (Wildman–Crippen LogP) is 0.465. The molecule has 6 heteroatoms. The number of hydrogen-bond donors (Lipinski definition) is 3. The summed E-state index contributed by atoms with van der Waals surface area (Å²) in [5.41, 5.74) is 6.38. The van der Waals surface area contributed by atoms with E-state index in [4.69, 9.17) is 5.73 Å². The topological polar surface area (TPSA) is 84.2 Å². The van der Waals surface area contributed by atoms with E-state index in [1.54, 1.807) is 30.5 Å². The molecule has 102 valence electrons. The molecule has 2 rings (SSSR count). The lowest BCUT2D eigenvalue weighted by molar-refractivity contribution is 0.571. The molecule has 1 aliphatic rings. The van der Waals surface area contributed by atoms with Crippen LogP contribution in [0.4, 0.5) is 0 Å². The summed E-state index contributed by atoms with van der Waals surface area (Å²) in [6.45, 7) is 0.707. The van der Waals surface area contributed by atoms with Crippen LogP contribution in [0.2, 0.25) is 0 Å². The van der Waals surface area contributed by atoms with E-state index in [2.05, 4.69) is 10.0 Å². The molecule has 0 amide bonds. The highest BCUT2D eigenvalue weighted by atomic mass is 32.2. The van der Waals surface area contributed by atoms with Gasteiger partial charge in [-0.1, -0.05) is 24.3 Å². The third kappa shape index (κ3) is 3.66. The van der Waals surface area contributed by atoms with Gasteiger partial charge in [0.2, 0.25) is 10.0 Å². The van der Waals surface area contributed by atoms with Crippen molar-refractivity contribution in [3.05, 3.63) is 54.3 Å². The quantitative estimate of drug-likeness (QED) is 0.731. The highest BCUT2D eigenvalue weighted by Gasteiger charge is 2.15. The number of allylic oxidation sites excluding steroid dienone is 2. The molecular formula is C13H17N3O2S. The fourth-order valence-electron chi connectivity index (χ4n) is 1.70. The van der Waals surface area contributed by atoms with Crippen molar-refractivity contribution in [2.24, 2.45) is 5.73 Å². The molecule has 1 heterocycles. The number of benzene rings is 1. The van der Waals surface area contributed by atoms with Crippen LogP contribution >= 0.6 is 0 Å². The van der Waals surface area contributed by atoms with Crippen molar-refractivity contribution in [3.63, 3.8) is 0 Å². The molecule has 0 bridgehead atoms. The summed E-state index contributed by atoms with van der Waals surface area (Å²) in [6, 6.07) is 6.54. The first-order valence-corrected chi connectivity index (χ1v) is 7.48. The molecule has 1 unspecified atom stereocenters. The van der Waals surface area contributed by atoms with E-state index in [-0.39, 0.29) is 10.9 Å². The fourth-order valence-corrected chi connectivity index (χ4v) is 2.76. The highest BCUT2D eigenvalue weighted by Crippen LogP contribution is 2.10. The molecule has 1 aliphatic heterocycles. The van der Waals surface area contributed by atoms with Crippen LogP contribution in [0.3, 0.4) is 0 Å². The molecule has 4 N–H and O–H groups in total. The zero-order valence-corrected chi connectivity index (χ0v) is 11.2. The fraction of sp³-hybridized carbons (Fsp3) is 0.231. The maximum absolute atomic E-state index is 12.1. The van der Waals surface area contributed by atoms with Crippen LogP contribution in [0, 0.1) is 0 Å². The van der Waals surface area contributed by atoms with Gasteiger partial charge in [-0.25, -0.2) is 13.1 Å². The van der Waals surface area contributed by atoms with E-state index in [9.17, 15) is 8.42 Å². The number of hydrogen-bond acceptors (Lipinski definition) is 4.